The van der Waals surface area contributed by atoms with E-state index in [0.29, 0.717) is 17.6 Å². The molecule has 0 aliphatic heterocycles. The quantitative estimate of drug-likeness (QED) is 0.666. The molecule has 3 nitrogen and oxygen atoms in total. The first-order valence-electron chi connectivity index (χ1n) is 6.22. The van der Waals surface area contributed by atoms with E-state index in [0.717, 1.165) is 16.0 Å². The molecule has 2 heterocycles. The number of rotatable bonds is 3. The lowest BCUT2D eigenvalue weighted by molar-refractivity contribution is 0.296. The number of aromatic nitrogens is 2. The minimum absolute atomic E-state index is 0.316. The molecule has 0 bridgehead atoms. The summed E-state index contributed by atoms with van der Waals surface area (Å²) >= 11 is 7.69. The molecule has 0 atom stereocenters. The molecule has 0 radical (unpaired) electrons. The highest BCUT2D eigenvalue weighted by Gasteiger charge is 2.08. The number of halogens is 1. The zero-order valence-electron chi connectivity index (χ0n) is 11.2. The molecule has 2 aromatic heterocycles. The number of benzene rings is 1. The molecule has 5 heteroatoms. The number of nitrogens with zero attached hydrogens (tertiary/aromatic N) is 2. The van der Waals surface area contributed by atoms with Gasteiger partial charge in [0.15, 0.2) is 5.82 Å². The molecule has 0 unspecified atom stereocenters. The Kier molecular flexibility index (Phi) is 3.59. The van der Waals surface area contributed by atoms with E-state index in [4.69, 9.17) is 16.3 Å². The Morgan fingerprint density at radius 2 is 1.90 bits per heavy atom. The lowest BCUT2D eigenvalue weighted by Gasteiger charge is -2.08. The van der Waals surface area contributed by atoms with Crippen molar-refractivity contribution in [1.29, 1.82) is 0 Å². The molecule has 0 amide bonds. The van der Waals surface area contributed by atoms with Crippen LogP contribution in [0, 0.1) is 13.8 Å². The lowest BCUT2D eigenvalue weighted by atomic mass is 10.1. The molecule has 0 aliphatic rings. The summed E-state index contributed by atoms with van der Waals surface area (Å²) in [5.41, 5.74) is 2.35. The maximum Gasteiger partial charge on any atom is 0.169 e. The molecule has 0 N–H and O–H groups in total. The highest BCUT2D eigenvalue weighted by Crippen LogP contribution is 2.25. The van der Waals surface area contributed by atoms with Gasteiger partial charge in [0, 0.05) is 5.39 Å². The molecule has 0 aliphatic carbocycles. The Balaban J connectivity index is 1.82. The van der Waals surface area contributed by atoms with Gasteiger partial charge in [-0.25, -0.2) is 9.97 Å². The molecular weight excluding hydrogens is 292 g/mol. The van der Waals surface area contributed by atoms with Crippen LogP contribution in [0.4, 0.5) is 0 Å². The molecule has 1 aromatic carbocycles. The minimum atomic E-state index is 0.316. The van der Waals surface area contributed by atoms with E-state index in [-0.39, 0.29) is 0 Å². The largest absolute Gasteiger partial charge is 0.486 e. The smallest absolute Gasteiger partial charge is 0.169 e. The van der Waals surface area contributed by atoms with Gasteiger partial charge in [-0.15, -0.1) is 11.3 Å². The highest BCUT2D eigenvalue weighted by molar-refractivity contribution is 7.16. The second-order valence-corrected chi connectivity index (χ2v) is 5.93. The topological polar surface area (TPSA) is 35.0 Å². The van der Waals surface area contributed by atoms with Crippen molar-refractivity contribution in [2.45, 2.75) is 20.5 Å². The summed E-state index contributed by atoms with van der Waals surface area (Å²) in [6.07, 6.45) is 0. The van der Waals surface area contributed by atoms with Crippen LogP contribution in [0.5, 0.6) is 5.75 Å². The summed E-state index contributed by atoms with van der Waals surface area (Å²) in [6.45, 7) is 4.41. The van der Waals surface area contributed by atoms with Gasteiger partial charge in [0.2, 0.25) is 0 Å². The van der Waals surface area contributed by atoms with Crippen molar-refractivity contribution in [2.75, 3.05) is 0 Å². The molecule has 102 valence electrons. The third-order valence-corrected chi connectivity index (χ3v) is 3.98. The van der Waals surface area contributed by atoms with E-state index in [9.17, 15) is 0 Å². The van der Waals surface area contributed by atoms with E-state index < -0.39 is 0 Å². The van der Waals surface area contributed by atoms with Crippen LogP contribution in [0.1, 0.15) is 17.0 Å². The third kappa shape index (κ3) is 2.76. The fraction of sp³-hybridized carbons (Fsp3) is 0.200. The SMILES string of the molecule is Cc1cc(C)cc(OCc2nc(Cl)c3ccsc3n2)c1. The first-order chi connectivity index (χ1) is 9.61. The van der Waals surface area contributed by atoms with Crippen LogP contribution in [-0.2, 0) is 6.61 Å². The standard InChI is InChI=1S/C15H13ClN2OS/c1-9-5-10(2)7-11(6-9)19-8-13-17-14(16)12-3-4-20-15(12)18-13/h3-7H,8H2,1-2H3. The molecule has 0 spiro atoms. The van der Waals surface area contributed by atoms with E-state index in [2.05, 4.69) is 16.0 Å². The maximum absolute atomic E-state index is 6.14. The summed E-state index contributed by atoms with van der Waals surface area (Å²) in [5.74, 6) is 1.43. The van der Waals surface area contributed by atoms with E-state index in [1.807, 2.05) is 37.4 Å². The van der Waals surface area contributed by atoms with E-state index in [1.165, 1.54) is 11.1 Å². The number of aryl methyl sites for hydroxylation is 2. The molecule has 0 saturated carbocycles. The molecule has 3 rings (SSSR count). The molecule has 0 fully saturated rings. The maximum atomic E-state index is 6.14. The van der Waals surface area contributed by atoms with Crippen molar-refractivity contribution in [2.24, 2.45) is 0 Å². The van der Waals surface area contributed by atoms with Gasteiger partial charge in [-0.2, -0.15) is 0 Å². The molecule has 3 aromatic rings. The van der Waals surface area contributed by atoms with Crippen LogP contribution in [-0.4, -0.2) is 9.97 Å². The Labute approximate surface area is 126 Å². The Morgan fingerprint density at radius 1 is 1.15 bits per heavy atom. The fourth-order valence-corrected chi connectivity index (χ4v) is 3.18. The highest BCUT2D eigenvalue weighted by atomic mass is 35.5. The van der Waals surface area contributed by atoms with Gasteiger partial charge >= 0.3 is 0 Å². The molecular formula is C15H13ClN2OS. The normalized spacial score (nSPS) is 10.9. The summed E-state index contributed by atoms with van der Waals surface area (Å²) in [4.78, 5) is 9.62. The van der Waals surface area contributed by atoms with Crippen molar-refractivity contribution >= 4 is 33.2 Å². The van der Waals surface area contributed by atoms with Gasteiger partial charge in [0.25, 0.3) is 0 Å². The number of thiophene rings is 1. The van der Waals surface area contributed by atoms with Gasteiger partial charge in [-0.05, 0) is 48.6 Å². The predicted octanol–water partition coefficient (Wildman–Crippen LogP) is 4.54. The van der Waals surface area contributed by atoms with Gasteiger partial charge in [-0.3, -0.25) is 0 Å². The first kappa shape index (κ1) is 13.3. The molecule has 0 saturated heterocycles. The second-order valence-electron chi connectivity index (χ2n) is 4.68. The van der Waals surface area contributed by atoms with Gasteiger partial charge in [0.1, 0.15) is 22.3 Å². The van der Waals surface area contributed by atoms with E-state index >= 15 is 0 Å². The number of hydrogen-bond donors (Lipinski definition) is 0. The van der Waals surface area contributed by atoms with Gasteiger partial charge in [-0.1, -0.05) is 17.7 Å². The summed E-state index contributed by atoms with van der Waals surface area (Å²) < 4.78 is 5.76. The van der Waals surface area contributed by atoms with E-state index in [1.54, 1.807) is 11.3 Å². The van der Waals surface area contributed by atoms with Crippen LogP contribution in [0.3, 0.4) is 0 Å². The van der Waals surface area contributed by atoms with Gasteiger partial charge in [0.05, 0.1) is 0 Å². The van der Waals surface area contributed by atoms with Crippen LogP contribution in [0.2, 0.25) is 5.15 Å². The second kappa shape index (κ2) is 5.38. The Bertz CT molecular complexity index is 749. The Hall–Kier alpha value is -1.65. The number of fused-ring (bicyclic) bond motifs is 1. The van der Waals surface area contributed by atoms with Crippen molar-refractivity contribution in [3.63, 3.8) is 0 Å². The average Bonchev–Trinajstić information content (AvgIpc) is 2.84. The van der Waals surface area contributed by atoms with Gasteiger partial charge < -0.3 is 4.74 Å². The monoisotopic (exact) mass is 304 g/mol. The van der Waals surface area contributed by atoms with Crippen LogP contribution >= 0.6 is 22.9 Å². The van der Waals surface area contributed by atoms with Crippen molar-refractivity contribution in [3.05, 3.63) is 51.7 Å². The van der Waals surface area contributed by atoms with Crippen LogP contribution in [0.15, 0.2) is 29.6 Å². The van der Waals surface area contributed by atoms with Crippen LogP contribution < -0.4 is 4.74 Å². The zero-order valence-corrected chi connectivity index (χ0v) is 12.8. The Morgan fingerprint density at radius 3 is 2.65 bits per heavy atom. The molecule has 20 heavy (non-hydrogen) atoms. The number of ether oxygens (including phenoxy) is 1. The summed E-state index contributed by atoms with van der Waals surface area (Å²) in [5, 5.41) is 3.34. The summed E-state index contributed by atoms with van der Waals surface area (Å²) in [7, 11) is 0. The first-order valence-corrected chi connectivity index (χ1v) is 7.48. The van der Waals surface area contributed by atoms with Crippen molar-refractivity contribution < 1.29 is 4.74 Å². The number of hydrogen-bond acceptors (Lipinski definition) is 4. The lowest BCUT2D eigenvalue weighted by Crippen LogP contribution is -2.02. The van der Waals surface area contributed by atoms with Crippen LogP contribution in [0.25, 0.3) is 10.2 Å². The minimum Gasteiger partial charge on any atom is -0.486 e. The van der Waals surface area contributed by atoms with Crippen molar-refractivity contribution in [1.82, 2.24) is 9.97 Å². The predicted molar refractivity (Wildman–Crippen MR) is 82.7 cm³/mol. The third-order valence-electron chi connectivity index (χ3n) is 2.89. The zero-order chi connectivity index (χ0) is 14.1. The average molecular weight is 305 g/mol. The fourth-order valence-electron chi connectivity index (χ4n) is 2.09. The van der Waals surface area contributed by atoms with Crippen molar-refractivity contribution in [3.8, 4) is 5.75 Å². The summed E-state index contributed by atoms with van der Waals surface area (Å²) in [6, 6.07) is 8.03.